The molecule has 0 unspecified atom stereocenters. The quantitative estimate of drug-likeness (QED) is 0.804. The predicted octanol–water partition coefficient (Wildman–Crippen LogP) is 2.00. The van der Waals surface area contributed by atoms with Gasteiger partial charge in [0.25, 0.3) is 0 Å². The van der Waals surface area contributed by atoms with Crippen LogP contribution in [0.15, 0.2) is 54.6 Å². The highest BCUT2D eigenvalue weighted by molar-refractivity contribution is 7.90. The van der Waals surface area contributed by atoms with E-state index in [1.807, 2.05) is 0 Å². The van der Waals surface area contributed by atoms with Gasteiger partial charge in [0.05, 0.1) is 18.2 Å². The maximum Gasteiger partial charge on any atom is 0.304 e. The van der Waals surface area contributed by atoms with Gasteiger partial charge < -0.3 is 5.32 Å². The second-order valence-electron chi connectivity index (χ2n) is 5.71. The summed E-state index contributed by atoms with van der Waals surface area (Å²) in [6, 6.07) is 17.3. The molecule has 0 saturated carbocycles. The van der Waals surface area contributed by atoms with Crippen molar-refractivity contribution in [2.75, 3.05) is 30.3 Å². The number of hydrogen-bond acceptors (Lipinski definition) is 4. The highest BCUT2D eigenvalue weighted by Gasteiger charge is 2.27. The number of amides is 1. The first kappa shape index (κ1) is 19.4. The topological polar surface area (TPSA) is 93.5 Å². The average molecular weight is 372 g/mol. The van der Waals surface area contributed by atoms with E-state index in [0.29, 0.717) is 11.4 Å². The van der Waals surface area contributed by atoms with Gasteiger partial charge in [0, 0.05) is 19.8 Å². The molecule has 0 radical (unpaired) electrons. The summed E-state index contributed by atoms with van der Waals surface area (Å²) in [5, 5.41) is 11.4. The molecule has 136 valence electrons. The molecule has 1 amide bonds. The van der Waals surface area contributed by atoms with Crippen LogP contribution in [0.1, 0.15) is 5.56 Å². The zero-order valence-electron chi connectivity index (χ0n) is 14.6. The molecule has 2 aromatic rings. The van der Waals surface area contributed by atoms with Crippen LogP contribution in [-0.2, 0) is 21.4 Å². The number of carbonyl (C=O) groups is 1. The summed E-state index contributed by atoms with van der Waals surface area (Å²) in [7, 11) is -0.996. The maximum atomic E-state index is 12.6. The molecular weight excluding hydrogens is 352 g/mol. The van der Waals surface area contributed by atoms with E-state index in [1.54, 1.807) is 54.6 Å². The van der Waals surface area contributed by atoms with Gasteiger partial charge >= 0.3 is 10.2 Å². The van der Waals surface area contributed by atoms with Crippen LogP contribution in [0.3, 0.4) is 0 Å². The Morgan fingerprint density at radius 1 is 1.08 bits per heavy atom. The zero-order valence-corrected chi connectivity index (χ0v) is 15.4. The number of carbonyl (C=O) groups excluding carboxylic acids is 1. The van der Waals surface area contributed by atoms with Crippen molar-refractivity contribution in [2.24, 2.45) is 0 Å². The standard InChI is InChI=1S/C18H20N4O3S/c1-21(2)26(24,25)22(17-6-4-3-5-7-17)14-18(23)20-16-10-8-15(9-11-16)12-13-19/h3-11H,12,14H2,1-2H3,(H,20,23). The molecule has 1 N–H and O–H groups in total. The lowest BCUT2D eigenvalue weighted by Gasteiger charge is -2.26. The van der Waals surface area contributed by atoms with Gasteiger partial charge in [-0.1, -0.05) is 30.3 Å². The fraction of sp³-hybridized carbons (Fsp3) is 0.222. The molecule has 0 aromatic heterocycles. The Balaban J connectivity index is 2.18. The second kappa shape index (κ2) is 8.47. The fourth-order valence-corrected chi connectivity index (χ4v) is 3.29. The number of hydrogen-bond donors (Lipinski definition) is 1. The van der Waals surface area contributed by atoms with Gasteiger partial charge in [0.1, 0.15) is 6.54 Å². The molecule has 0 aliphatic heterocycles. The first-order valence-electron chi connectivity index (χ1n) is 7.85. The van der Waals surface area contributed by atoms with Crippen LogP contribution in [0.25, 0.3) is 0 Å². The molecule has 2 rings (SSSR count). The molecule has 0 saturated heterocycles. The summed E-state index contributed by atoms with van der Waals surface area (Å²) in [6.07, 6.45) is 0.289. The summed E-state index contributed by atoms with van der Waals surface area (Å²) in [5.74, 6) is -0.465. The third kappa shape index (κ3) is 4.81. The van der Waals surface area contributed by atoms with Gasteiger partial charge in [-0.05, 0) is 29.8 Å². The number of anilines is 2. The Kier molecular flexibility index (Phi) is 6.33. The van der Waals surface area contributed by atoms with Crippen molar-refractivity contribution < 1.29 is 13.2 Å². The van der Waals surface area contributed by atoms with Crippen LogP contribution in [0.4, 0.5) is 11.4 Å². The van der Waals surface area contributed by atoms with Gasteiger partial charge in [-0.25, -0.2) is 4.31 Å². The SMILES string of the molecule is CN(C)S(=O)(=O)N(CC(=O)Nc1ccc(CC#N)cc1)c1ccccc1. The van der Waals surface area contributed by atoms with Crippen molar-refractivity contribution in [3.05, 3.63) is 60.2 Å². The molecule has 0 fully saturated rings. The summed E-state index contributed by atoms with van der Waals surface area (Å²) in [5.41, 5.74) is 1.78. The number of benzene rings is 2. The van der Waals surface area contributed by atoms with E-state index in [4.69, 9.17) is 5.26 Å². The minimum absolute atomic E-state index is 0.289. The van der Waals surface area contributed by atoms with Crippen molar-refractivity contribution in [2.45, 2.75) is 6.42 Å². The summed E-state index contributed by atoms with van der Waals surface area (Å²) < 4.78 is 27.3. The molecule has 0 bridgehead atoms. The molecular formula is C18H20N4O3S. The molecule has 2 aromatic carbocycles. The van der Waals surface area contributed by atoms with Crippen molar-refractivity contribution >= 4 is 27.5 Å². The Morgan fingerprint density at radius 3 is 2.23 bits per heavy atom. The lowest BCUT2D eigenvalue weighted by atomic mass is 10.1. The summed E-state index contributed by atoms with van der Waals surface area (Å²) in [6.45, 7) is -0.357. The van der Waals surface area contributed by atoms with Crippen LogP contribution in [0.2, 0.25) is 0 Å². The van der Waals surface area contributed by atoms with Crippen LogP contribution < -0.4 is 9.62 Å². The van der Waals surface area contributed by atoms with Crippen LogP contribution >= 0.6 is 0 Å². The van der Waals surface area contributed by atoms with Gasteiger partial charge in [0.2, 0.25) is 5.91 Å². The largest absolute Gasteiger partial charge is 0.325 e. The Labute approximate surface area is 153 Å². The normalized spacial score (nSPS) is 11.0. The summed E-state index contributed by atoms with van der Waals surface area (Å²) >= 11 is 0. The van der Waals surface area contributed by atoms with Gasteiger partial charge in [0.15, 0.2) is 0 Å². The van der Waals surface area contributed by atoms with Crippen molar-refractivity contribution in [1.29, 1.82) is 5.26 Å². The van der Waals surface area contributed by atoms with Gasteiger partial charge in [-0.3, -0.25) is 4.79 Å². The fourth-order valence-electron chi connectivity index (χ4n) is 2.23. The first-order valence-corrected chi connectivity index (χ1v) is 9.25. The number of para-hydroxylation sites is 1. The number of nitrogens with one attached hydrogen (secondary N) is 1. The van der Waals surface area contributed by atoms with Gasteiger partial charge in [-0.15, -0.1) is 0 Å². The monoisotopic (exact) mass is 372 g/mol. The van der Waals surface area contributed by atoms with Crippen molar-refractivity contribution in [3.8, 4) is 6.07 Å². The molecule has 0 heterocycles. The van der Waals surface area contributed by atoms with E-state index >= 15 is 0 Å². The van der Waals surface area contributed by atoms with E-state index in [1.165, 1.54) is 14.1 Å². The third-order valence-electron chi connectivity index (χ3n) is 3.59. The van der Waals surface area contributed by atoms with E-state index in [-0.39, 0.29) is 13.0 Å². The Bertz CT molecular complexity index is 888. The van der Waals surface area contributed by atoms with E-state index < -0.39 is 16.1 Å². The van der Waals surface area contributed by atoms with E-state index in [0.717, 1.165) is 14.2 Å². The Morgan fingerprint density at radius 2 is 1.69 bits per heavy atom. The zero-order chi connectivity index (χ0) is 19.2. The lowest BCUT2D eigenvalue weighted by Crippen LogP contribution is -2.44. The molecule has 7 nitrogen and oxygen atoms in total. The molecule has 0 spiro atoms. The highest BCUT2D eigenvalue weighted by atomic mass is 32.2. The Hall–Kier alpha value is -2.89. The summed E-state index contributed by atoms with van der Waals surface area (Å²) in [4.78, 5) is 12.4. The average Bonchev–Trinajstić information content (AvgIpc) is 2.62. The first-order chi connectivity index (χ1) is 12.3. The molecule has 0 aliphatic carbocycles. The van der Waals surface area contributed by atoms with Crippen LogP contribution in [-0.4, -0.2) is 39.3 Å². The number of nitrogens with zero attached hydrogens (tertiary/aromatic N) is 3. The number of rotatable bonds is 7. The second-order valence-corrected chi connectivity index (χ2v) is 7.78. The minimum Gasteiger partial charge on any atom is -0.325 e. The number of nitriles is 1. The lowest BCUT2D eigenvalue weighted by molar-refractivity contribution is -0.114. The van der Waals surface area contributed by atoms with Crippen molar-refractivity contribution in [3.63, 3.8) is 0 Å². The predicted molar refractivity (Wildman–Crippen MR) is 101 cm³/mol. The molecule has 0 aliphatic rings. The highest BCUT2D eigenvalue weighted by Crippen LogP contribution is 2.19. The molecule has 0 atom stereocenters. The van der Waals surface area contributed by atoms with E-state index in [2.05, 4.69) is 11.4 Å². The van der Waals surface area contributed by atoms with E-state index in [9.17, 15) is 13.2 Å². The maximum absolute atomic E-state index is 12.6. The minimum atomic E-state index is -3.82. The van der Waals surface area contributed by atoms with Crippen LogP contribution in [0.5, 0.6) is 0 Å². The van der Waals surface area contributed by atoms with Crippen molar-refractivity contribution in [1.82, 2.24) is 4.31 Å². The molecule has 26 heavy (non-hydrogen) atoms. The van der Waals surface area contributed by atoms with Gasteiger partial charge in [-0.2, -0.15) is 18.0 Å². The van der Waals surface area contributed by atoms with Crippen LogP contribution in [0, 0.1) is 11.3 Å². The molecule has 8 heteroatoms. The smallest absolute Gasteiger partial charge is 0.304 e. The third-order valence-corrected chi connectivity index (χ3v) is 5.41.